The van der Waals surface area contributed by atoms with Crippen molar-refractivity contribution in [3.05, 3.63) is 153 Å². The van der Waals surface area contributed by atoms with Crippen LogP contribution >= 0.6 is 23.2 Å². The molecule has 2 heterocycles. The van der Waals surface area contributed by atoms with Crippen LogP contribution < -0.4 is 14.2 Å². The van der Waals surface area contributed by atoms with Crippen molar-refractivity contribution in [2.75, 3.05) is 32.8 Å². The number of Topliss-reactive ketones (excluding diaryl/α,β-unsaturated/α-hetero) is 1. The monoisotopic (exact) mass is 739 g/mol. The summed E-state index contributed by atoms with van der Waals surface area (Å²) in [4.78, 5) is 33.8. The number of nitrogens with zero attached hydrogens (tertiary/aromatic N) is 3. The standard InChI is InChI=1S/C41H36Cl2FN3O5/c1-28-22-30(23-37(43)41(28)52-39-16-15-35(24-45-39)50-26-32-4-2-3-5-36(32)42)8-17-40(49)47-20-18-46(19-21-47)25-29-6-13-34(14-7-29)51-27-38(48)31-9-11-33(44)12-10-31/h2-17,22-24H,18-21,25-27H2,1H3/b17-8+. The summed E-state index contributed by atoms with van der Waals surface area (Å²) in [5, 5.41) is 1.04. The molecule has 11 heteroatoms. The number of carbonyl (C=O) groups excluding carboxylic acids is 2. The number of rotatable bonds is 13. The molecule has 0 atom stereocenters. The van der Waals surface area contributed by atoms with Crippen molar-refractivity contribution in [3.63, 3.8) is 0 Å². The minimum atomic E-state index is -0.389. The Morgan fingerprint density at radius 3 is 2.27 bits per heavy atom. The predicted octanol–water partition coefficient (Wildman–Crippen LogP) is 8.83. The molecule has 5 aromatic rings. The Balaban J connectivity index is 0.940. The molecule has 6 rings (SSSR count). The molecule has 0 saturated carbocycles. The Hall–Kier alpha value is -5.22. The molecule has 0 N–H and O–H groups in total. The van der Waals surface area contributed by atoms with Gasteiger partial charge in [-0.15, -0.1) is 0 Å². The normalized spacial score (nSPS) is 13.3. The third-order valence-electron chi connectivity index (χ3n) is 8.49. The average Bonchev–Trinajstić information content (AvgIpc) is 3.15. The fraction of sp³-hybridized carbons (Fsp3) is 0.195. The minimum absolute atomic E-state index is 0.0634. The van der Waals surface area contributed by atoms with Crippen molar-refractivity contribution < 1.29 is 28.2 Å². The summed E-state index contributed by atoms with van der Waals surface area (Å²) in [5.41, 5.74) is 3.96. The average molecular weight is 741 g/mol. The van der Waals surface area contributed by atoms with Gasteiger partial charge in [-0.05, 0) is 90.4 Å². The summed E-state index contributed by atoms with van der Waals surface area (Å²) in [6.45, 7) is 5.51. The van der Waals surface area contributed by atoms with Crippen LogP contribution in [0.3, 0.4) is 0 Å². The van der Waals surface area contributed by atoms with Crippen LogP contribution in [0.15, 0.2) is 109 Å². The van der Waals surface area contributed by atoms with Crippen molar-refractivity contribution in [2.45, 2.75) is 20.1 Å². The summed E-state index contributed by atoms with van der Waals surface area (Å²) in [6, 6.07) is 27.6. The number of hydrogen-bond donors (Lipinski definition) is 0. The lowest BCUT2D eigenvalue weighted by molar-refractivity contribution is -0.127. The number of ketones is 1. The van der Waals surface area contributed by atoms with Crippen molar-refractivity contribution in [2.24, 2.45) is 0 Å². The van der Waals surface area contributed by atoms with Crippen LogP contribution in [0, 0.1) is 12.7 Å². The van der Waals surface area contributed by atoms with Crippen molar-refractivity contribution in [3.8, 4) is 23.1 Å². The van der Waals surface area contributed by atoms with E-state index in [1.165, 1.54) is 24.3 Å². The molecule has 8 nitrogen and oxygen atoms in total. The molecular formula is C41H36Cl2FN3O5. The van der Waals surface area contributed by atoms with Crippen LogP contribution in [-0.2, 0) is 17.9 Å². The molecular weight excluding hydrogens is 704 g/mol. The molecule has 0 radical (unpaired) electrons. The van der Waals surface area contributed by atoms with Gasteiger partial charge in [0.15, 0.2) is 18.1 Å². The molecule has 0 spiro atoms. The van der Waals surface area contributed by atoms with E-state index in [0.29, 0.717) is 58.4 Å². The lowest BCUT2D eigenvalue weighted by Crippen LogP contribution is -2.47. The maximum Gasteiger partial charge on any atom is 0.246 e. The second-order valence-corrected chi connectivity index (χ2v) is 13.1. The van der Waals surface area contributed by atoms with Gasteiger partial charge in [0.25, 0.3) is 0 Å². The summed E-state index contributed by atoms with van der Waals surface area (Å²) < 4.78 is 30.5. The second kappa shape index (κ2) is 17.3. The van der Waals surface area contributed by atoms with Crippen molar-refractivity contribution in [1.29, 1.82) is 0 Å². The molecule has 52 heavy (non-hydrogen) atoms. The number of amides is 1. The highest BCUT2D eigenvalue weighted by atomic mass is 35.5. The van der Waals surface area contributed by atoms with Gasteiger partial charge in [-0.25, -0.2) is 9.37 Å². The van der Waals surface area contributed by atoms with E-state index in [1.54, 1.807) is 36.5 Å². The van der Waals surface area contributed by atoms with E-state index in [4.69, 9.17) is 37.4 Å². The van der Waals surface area contributed by atoms with E-state index in [9.17, 15) is 14.0 Å². The number of aryl methyl sites for hydroxylation is 1. The molecule has 0 bridgehead atoms. The molecule has 0 unspecified atom stereocenters. The van der Waals surface area contributed by atoms with Crippen molar-refractivity contribution in [1.82, 2.24) is 14.8 Å². The van der Waals surface area contributed by atoms with E-state index >= 15 is 0 Å². The Labute approximate surface area is 312 Å². The summed E-state index contributed by atoms with van der Waals surface area (Å²) in [7, 11) is 0. The molecule has 266 valence electrons. The molecule has 0 aliphatic carbocycles. The third kappa shape index (κ3) is 9.97. The van der Waals surface area contributed by atoms with Gasteiger partial charge in [0.05, 0.1) is 11.2 Å². The highest BCUT2D eigenvalue weighted by molar-refractivity contribution is 6.32. The zero-order chi connectivity index (χ0) is 36.5. The van der Waals surface area contributed by atoms with E-state index in [-0.39, 0.29) is 24.1 Å². The third-order valence-corrected chi connectivity index (χ3v) is 9.14. The number of aromatic nitrogens is 1. The molecule has 1 aromatic heterocycles. The molecule has 1 saturated heterocycles. The smallest absolute Gasteiger partial charge is 0.246 e. The first-order chi connectivity index (χ1) is 25.2. The van der Waals surface area contributed by atoms with Gasteiger partial charge in [0.2, 0.25) is 11.8 Å². The number of benzene rings is 4. The number of carbonyl (C=O) groups is 2. The van der Waals surface area contributed by atoms with Crippen LogP contribution in [0.4, 0.5) is 4.39 Å². The first-order valence-corrected chi connectivity index (χ1v) is 17.5. The number of piperazine rings is 1. The Morgan fingerprint density at radius 2 is 1.58 bits per heavy atom. The summed E-state index contributed by atoms with van der Waals surface area (Å²) in [5.74, 6) is 1.34. The van der Waals surface area contributed by atoms with Gasteiger partial charge in [0.1, 0.15) is 23.9 Å². The lowest BCUT2D eigenvalue weighted by atomic mass is 10.1. The number of halogens is 3. The van der Waals surface area contributed by atoms with E-state index in [2.05, 4.69) is 9.88 Å². The summed E-state index contributed by atoms with van der Waals surface area (Å²) >= 11 is 12.8. The maximum atomic E-state index is 13.1. The van der Waals surface area contributed by atoms with E-state index in [0.717, 1.165) is 41.9 Å². The Morgan fingerprint density at radius 1 is 0.846 bits per heavy atom. The lowest BCUT2D eigenvalue weighted by Gasteiger charge is -2.34. The van der Waals surface area contributed by atoms with E-state index in [1.807, 2.05) is 66.4 Å². The fourth-order valence-corrected chi connectivity index (χ4v) is 6.10. The van der Waals surface area contributed by atoms with Crippen LogP contribution in [0.1, 0.15) is 32.6 Å². The quantitative estimate of drug-likeness (QED) is 0.0882. The van der Waals surface area contributed by atoms with Crippen LogP contribution in [0.25, 0.3) is 6.08 Å². The van der Waals surface area contributed by atoms with Gasteiger partial charge >= 0.3 is 0 Å². The first kappa shape index (κ1) is 36.6. The molecule has 4 aromatic carbocycles. The zero-order valence-corrected chi connectivity index (χ0v) is 29.9. The predicted molar refractivity (Wildman–Crippen MR) is 200 cm³/mol. The minimum Gasteiger partial charge on any atom is -0.487 e. The Kier molecular flexibility index (Phi) is 12.2. The highest BCUT2D eigenvalue weighted by Gasteiger charge is 2.20. The molecule has 1 aliphatic rings. The van der Waals surface area contributed by atoms with Gasteiger partial charge in [-0.3, -0.25) is 14.5 Å². The molecule has 1 fully saturated rings. The van der Waals surface area contributed by atoms with Gasteiger partial charge < -0.3 is 19.1 Å². The topological polar surface area (TPSA) is 81.2 Å². The molecule has 1 aliphatic heterocycles. The fourth-order valence-electron chi connectivity index (χ4n) is 5.59. The largest absolute Gasteiger partial charge is 0.487 e. The maximum absolute atomic E-state index is 13.1. The van der Waals surface area contributed by atoms with Gasteiger partial charge in [-0.1, -0.05) is 53.5 Å². The van der Waals surface area contributed by atoms with Crippen LogP contribution in [0.5, 0.6) is 23.1 Å². The van der Waals surface area contributed by atoms with E-state index < -0.39 is 0 Å². The number of pyridine rings is 1. The zero-order valence-electron chi connectivity index (χ0n) is 28.4. The SMILES string of the molecule is Cc1cc(/C=C/C(=O)N2CCN(Cc3ccc(OCC(=O)c4ccc(F)cc4)cc3)CC2)cc(Cl)c1Oc1ccc(OCc2ccccc2Cl)cn1. The van der Waals surface area contributed by atoms with Crippen LogP contribution in [-0.4, -0.2) is 59.3 Å². The second-order valence-electron chi connectivity index (χ2n) is 12.3. The van der Waals surface area contributed by atoms with Gasteiger partial charge in [-0.2, -0.15) is 0 Å². The molecule has 1 amide bonds. The number of ether oxygens (including phenoxy) is 3. The van der Waals surface area contributed by atoms with Crippen LogP contribution in [0.2, 0.25) is 10.0 Å². The Bertz CT molecular complexity index is 2010. The number of hydrogen-bond acceptors (Lipinski definition) is 7. The highest BCUT2D eigenvalue weighted by Crippen LogP contribution is 2.34. The van der Waals surface area contributed by atoms with Crippen molar-refractivity contribution >= 4 is 41.0 Å². The first-order valence-electron chi connectivity index (χ1n) is 16.7. The van der Waals surface area contributed by atoms with Gasteiger partial charge in [0, 0.05) is 61.0 Å². The summed E-state index contributed by atoms with van der Waals surface area (Å²) in [6.07, 6.45) is 4.92.